The van der Waals surface area contributed by atoms with Crippen molar-refractivity contribution >= 4 is 5.97 Å². The average molecular weight is 269 g/mol. The van der Waals surface area contributed by atoms with Crippen molar-refractivity contribution in [1.29, 1.82) is 0 Å². The fourth-order valence-electron chi connectivity index (χ4n) is 1.48. The van der Waals surface area contributed by atoms with Gasteiger partial charge in [-0.3, -0.25) is 4.79 Å². The van der Waals surface area contributed by atoms with Crippen LogP contribution in [-0.2, 0) is 4.79 Å². The van der Waals surface area contributed by atoms with Crippen molar-refractivity contribution < 1.29 is 19.0 Å². The van der Waals surface area contributed by atoms with Gasteiger partial charge in [0.15, 0.2) is 11.6 Å². The zero-order chi connectivity index (χ0) is 14.6. The molecule has 1 unspecified atom stereocenters. The Morgan fingerprint density at radius 2 is 2.11 bits per heavy atom. The summed E-state index contributed by atoms with van der Waals surface area (Å²) in [5.74, 6) is -1.40. The number of aliphatic hydroxyl groups excluding tert-OH is 1. The number of rotatable bonds is 4. The number of hydrogen-bond acceptors (Lipinski definition) is 4. The second kappa shape index (κ2) is 6.12. The first-order valence-electron chi connectivity index (χ1n) is 6.10. The van der Waals surface area contributed by atoms with Gasteiger partial charge in [0.1, 0.15) is 0 Å². The molecule has 0 amide bonds. The smallest absolute Gasteiger partial charge is 0.308 e. The highest BCUT2D eigenvalue weighted by molar-refractivity contribution is 5.69. The van der Waals surface area contributed by atoms with E-state index < -0.39 is 17.9 Å². The van der Waals surface area contributed by atoms with Gasteiger partial charge in [0.05, 0.1) is 6.10 Å². The average Bonchev–Trinajstić information content (AvgIpc) is 2.27. The Bertz CT molecular complexity index is 454. The van der Waals surface area contributed by atoms with Crippen LogP contribution in [0.2, 0.25) is 0 Å². The molecule has 4 nitrogen and oxygen atoms in total. The number of β-amino-alcohol motifs (C(OH)–C–C–N with tert-alkyl or cyclic N) is 1. The molecule has 0 spiro atoms. The first kappa shape index (κ1) is 15.6. The maximum atomic E-state index is 13.4. The van der Waals surface area contributed by atoms with Crippen LogP contribution in [-0.4, -0.2) is 23.2 Å². The molecule has 2 N–H and O–H groups in total. The van der Waals surface area contributed by atoms with E-state index in [1.165, 1.54) is 25.1 Å². The van der Waals surface area contributed by atoms with E-state index in [4.69, 9.17) is 4.74 Å². The lowest BCUT2D eigenvalue weighted by Gasteiger charge is -2.23. The molecule has 0 heterocycles. The van der Waals surface area contributed by atoms with Crippen LogP contribution < -0.4 is 10.1 Å². The summed E-state index contributed by atoms with van der Waals surface area (Å²) in [4.78, 5) is 10.8. The van der Waals surface area contributed by atoms with Gasteiger partial charge in [0.2, 0.25) is 0 Å². The van der Waals surface area contributed by atoms with Crippen LogP contribution in [0.3, 0.4) is 0 Å². The summed E-state index contributed by atoms with van der Waals surface area (Å²) in [6, 6.07) is 3.98. The molecule has 0 aliphatic carbocycles. The lowest BCUT2D eigenvalue weighted by molar-refractivity contribution is -0.132. The molecule has 1 aromatic carbocycles. The lowest BCUT2D eigenvalue weighted by atomic mass is 10.1. The van der Waals surface area contributed by atoms with Crippen molar-refractivity contribution in [1.82, 2.24) is 5.32 Å². The number of carbonyl (C=O) groups is 1. The van der Waals surface area contributed by atoms with Crippen LogP contribution in [0.5, 0.6) is 5.75 Å². The molecule has 1 rings (SSSR count). The third-order valence-electron chi connectivity index (χ3n) is 2.42. The minimum Gasteiger partial charge on any atom is -0.424 e. The van der Waals surface area contributed by atoms with Crippen molar-refractivity contribution in [2.75, 3.05) is 6.54 Å². The molecule has 0 aromatic heterocycles. The summed E-state index contributed by atoms with van der Waals surface area (Å²) in [6.07, 6.45) is -0.797. The Balaban J connectivity index is 2.80. The van der Waals surface area contributed by atoms with E-state index in [1.807, 2.05) is 20.8 Å². The molecule has 0 radical (unpaired) electrons. The Labute approximate surface area is 112 Å². The van der Waals surface area contributed by atoms with E-state index in [1.54, 1.807) is 0 Å². The van der Waals surface area contributed by atoms with Gasteiger partial charge in [0, 0.05) is 19.0 Å². The van der Waals surface area contributed by atoms with Gasteiger partial charge in [-0.15, -0.1) is 0 Å². The van der Waals surface area contributed by atoms with Gasteiger partial charge in [-0.05, 0) is 38.5 Å². The van der Waals surface area contributed by atoms with Crippen LogP contribution in [0.25, 0.3) is 0 Å². The number of halogens is 1. The largest absolute Gasteiger partial charge is 0.424 e. The first-order valence-corrected chi connectivity index (χ1v) is 6.10. The molecule has 106 valence electrons. The van der Waals surface area contributed by atoms with E-state index in [0.717, 1.165) is 0 Å². The molecule has 0 fully saturated rings. The van der Waals surface area contributed by atoms with Crippen LogP contribution in [0.4, 0.5) is 4.39 Å². The van der Waals surface area contributed by atoms with Crippen LogP contribution >= 0.6 is 0 Å². The van der Waals surface area contributed by atoms with Gasteiger partial charge in [-0.2, -0.15) is 0 Å². The molecular formula is C14H20FNO3. The third-order valence-corrected chi connectivity index (χ3v) is 2.42. The zero-order valence-corrected chi connectivity index (χ0v) is 11.7. The van der Waals surface area contributed by atoms with Gasteiger partial charge < -0.3 is 15.2 Å². The predicted molar refractivity (Wildman–Crippen MR) is 70.4 cm³/mol. The molecule has 19 heavy (non-hydrogen) atoms. The number of ether oxygens (including phenoxy) is 1. The maximum Gasteiger partial charge on any atom is 0.308 e. The molecule has 0 bridgehead atoms. The Hall–Kier alpha value is -1.46. The quantitative estimate of drug-likeness (QED) is 0.649. The fourth-order valence-corrected chi connectivity index (χ4v) is 1.48. The summed E-state index contributed by atoms with van der Waals surface area (Å²) >= 11 is 0. The molecule has 5 heteroatoms. The highest BCUT2D eigenvalue weighted by Crippen LogP contribution is 2.23. The molecule has 1 atom stereocenters. The van der Waals surface area contributed by atoms with E-state index in [0.29, 0.717) is 12.1 Å². The van der Waals surface area contributed by atoms with Gasteiger partial charge >= 0.3 is 5.97 Å². The monoisotopic (exact) mass is 269 g/mol. The summed E-state index contributed by atoms with van der Waals surface area (Å²) in [7, 11) is 0. The highest BCUT2D eigenvalue weighted by atomic mass is 19.1. The Kier molecular flexibility index (Phi) is 5.03. The number of aliphatic hydroxyl groups is 1. The SMILES string of the molecule is CC(=O)Oc1cc(C(O)CNC(C)(C)C)ccc1F. The topological polar surface area (TPSA) is 58.6 Å². The summed E-state index contributed by atoms with van der Waals surface area (Å²) in [5, 5.41) is 13.2. The number of nitrogens with one attached hydrogen (secondary N) is 1. The van der Waals surface area contributed by atoms with Crippen molar-refractivity contribution in [3.8, 4) is 5.75 Å². The van der Waals surface area contributed by atoms with Gasteiger partial charge in [0.25, 0.3) is 0 Å². The molecule has 1 aromatic rings. The van der Waals surface area contributed by atoms with Crippen LogP contribution in [0.1, 0.15) is 39.4 Å². The summed E-state index contributed by atoms with van der Waals surface area (Å²) in [5.41, 5.74) is 0.370. The second-order valence-electron chi connectivity index (χ2n) is 5.43. The fraction of sp³-hybridized carbons (Fsp3) is 0.500. The van der Waals surface area contributed by atoms with Gasteiger partial charge in [-0.1, -0.05) is 6.07 Å². The Morgan fingerprint density at radius 3 is 2.63 bits per heavy atom. The number of carbonyl (C=O) groups excluding carboxylic acids is 1. The molecule has 0 aliphatic rings. The third kappa shape index (κ3) is 5.36. The molecule has 0 aliphatic heterocycles. The summed E-state index contributed by atoms with van der Waals surface area (Å²) < 4.78 is 18.1. The van der Waals surface area contributed by atoms with Gasteiger partial charge in [-0.25, -0.2) is 4.39 Å². The highest BCUT2D eigenvalue weighted by Gasteiger charge is 2.16. The van der Waals surface area contributed by atoms with Crippen molar-refractivity contribution in [2.45, 2.75) is 39.3 Å². The molecular weight excluding hydrogens is 249 g/mol. The summed E-state index contributed by atoms with van der Waals surface area (Å²) in [6.45, 7) is 7.47. The number of benzene rings is 1. The lowest BCUT2D eigenvalue weighted by Crippen LogP contribution is -2.38. The number of esters is 1. The van der Waals surface area contributed by atoms with E-state index in [9.17, 15) is 14.3 Å². The predicted octanol–water partition coefficient (Wildman–Crippen LogP) is 2.17. The van der Waals surface area contributed by atoms with Crippen LogP contribution in [0.15, 0.2) is 18.2 Å². The number of hydrogen-bond donors (Lipinski definition) is 2. The second-order valence-corrected chi connectivity index (χ2v) is 5.43. The zero-order valence-electron chi connectivity index (χ0n) is 11.7. The van der Waals surface area contributed by atoms with Crippen molar-refractivity contribution in [3.63, 3.8) is 0 Å². The van der Waals surface area contributed by atoms with Crippen LogP contribution in [0, 0.1) is 5.82 Å². The van der Waals surface area contributed by atoms with E-state index >= 15 is 0 Å². The Morgan fingerprint density at radius 1 is 1.47 bits per heavy atom. The maximum absolute atomic E-state index is 13.4. The normalized spacial score (nSPS) is 13.2. The van der Waals surface area contributed by atoms with E-state index in [2.05, 4.69) is 5.32 Å². The minimum atomic E-state index is -0.797. The molecule has 0 saturated heterocycles. The first-order chi connectivity index (χ1) is 8.69. The van der Waals surface area contributed by atoms with E-state index in [-0.39, 0.29) is 11.3 Å². The molecule has 0 saturated carbocycles. The standard InChI is InChI=1S/C14H20FNO3/c1-9(17)19-13-7-10(5-6-11(13)15)12(18)8-16-14(2,3)4/h5-7,12,16,18H,8H2,1-4H3. The minimum absolute atomic E-state index is 0.125. The van der Waals surface area contributed by atoms with Crippen molar-refractivity contribution in [3.05, 3.63) is 29.6 Å². The van der Waals surface area contributed by atoms with Crippen molar-refractivity contribution in [2.24, 2.45) is 0 Å².